The van der Waals surface area contributed by atoms with Gasteiger partial charge in [-0.25, -0.2) is 4.68 Å². The van der Waals surface area contributed by atoms with Crippen LogP contribution in [0.15, 0.2) is 24.3 Å². The highest BCUT2D eigenvalue weighted by molar-refractivity contribution is 5.85. The lowest BCUT2D eigenvalue weighted by molar-refractivity contribution is -0.133. The number of carbonyl (C=O) groups is 1. The van der Waals surface area contributed by atoms with Crippen molar-refractivity contribution in [2.45, 2.75) is 44.6 Å². The molecule has 1 aromatic carbocycles. The minimum atomic E-state index is -0.000211. The van der Waals surface area contributed by atoms with Crippen LogP contribution in [0, 0.1) is 6.92 Å². The van der Waals surface area contributed by atoms with Crippen molar-refractivity contribution in [3.8, 4) is 5.88 Å². The third kappa shape index (κ3) is 2.53. The van der Waals surface area contributed by atoms with E-state index in [0.717, 1.165) is 49.4 Å². The molecule has 5 heteroatoms. The SMILES string of the molecule is COc1c([C@H]2CCCN2C(=O)[C@@H]2CCc3ccccc32)c(C)nn1C. The lowest BCUT2D eigenvalue weighted by Crippen LogP contribution is -2.34. The smallest absolute Gasteiger partial charge is 0.230 e. The van der Waals surface area contributed by atoms with Crippen LogP contribution in [0.1, 0.15) is 53.6 Å². The summed E-state index contributed by atoms with van der Waals surface area (Å²) >= 11 is 0. The zero-order valence-corrected chi connectivity index (χ0v) is 15.2. The summed E-state index contributed by atoms with van der Waals surface area (Å²) in [5, 5.41) is 4.51. The van der Waals surface area contributed by atoms with E-state index in [2.05, 4.69) is 28.2 Å². The fraction of sp³-hybridized carbons (Fsp3) is 0.500. The molecule has 0 N–H and O–H groups in total. The Labute approximate surface area is 148 Å². The Balaban J connectivity index is 1.66. The largest absolute Gasteiger partial charge is 0.481 e. The summed E-state index contributed by atoms with van der Waals surface area (Å²) in [4.78, 5) is 15.4. The minimum Gasteiger partial charge on any atom is -0.481 e. The van der Waals surface area contributed by atoms with Gasteiger partial charge in [0.15, 0.2) is 0 Å². The van der Waals surface area contributed by atoms with Crippen LogP contribution >= 0.6 is 0 Å². The highest BCUT2D eigenvalue weighted by atomic mass is 16.5. The van der Waals surface area contributed by atoms with E-state index >= 15 is 0 Å². The minimum absolute atomic E-state index is 0.000211. The summed E-state index contributed by atoms with van der Waals surface area (Å²) in [5.41, 5.74) is 4.57. The van der Waals surface area contributed by atoms with E-state index in [1.165, 1.54) is 11.1 Å². The third-order valence-corrected chi connectivity index (χ3v) is 5.71. The molecule has 0 spiro atoms. The van der Waals surface area contributed by atoms with E-state index in [1.54, 1.807) is 11.8 Å². The van der Waals surface area contributed by atoms with E-state index in [-0.39, 0.29) is 17.9 Å². The van der Waals surface area contributed by atoms with Crippen molar-refractivity contribution in [2.75, 3.05) is 13.7 Å². The number of benzene rings is 1. The monoisotopic (exact) mass is 339 g/mol. The molecule has 1 fully saturated rings. The number of hydrogen-bond donors (Lipinski definition) is 0. The Morgan fingerprint density at radius 2 is 2.08 bits per heavy atom. The lowest BCUT2D eigenvalue weighted by Gasteiger charge is -2.28. The first-order valence-electron chi connectivity index (χ1n) is 9.07. The van der Waals surface area contributed by atoms with E-state index in [9.17, 15) is 4.79 Å². The molecule has 1 aromatic heterocycles. The predicted molar refractivity (Wildman–Crippen MR) is 95.7 cm³/mol. The summed E-state index contributed by atoms with van der Waals surface area (Å²) in [6.45, 7) is 2.82. The summed E-state index contributed by atoms with van der Waals surface area (Å²) in [6, 6.07) is 8.45. The molecule has 2 aliphatic rings. The first-order valence-corrected chi connectivity index (χ1v) is 9.07. The van der Waals surface area contributed by atoms with Crippen molar-refractivity contribution in [1.82, 2.24) is 14.7 Å². The second-order valence-corrected chi connectivity index (χ2v) is 7.11. The summed E-state index contributed by atoms with van der Waals surface area (Å²) < 4.78 is 7.36. The van der Waals surface area contributed by atoms with Gasteiger partial charge in [-0.3, -0.25) is 4.79 Å². The molecule has 0 saturated carbocycles. The van der Waals surface area contributed by atoms with E-state index in [0.29, 0.717) is 0 Å². The second-order valence-electron chi connectivity index (χ2n) is 7.11. The van der Waals surface area contributed by atoms with Crippen LogP contribution in [0.25, 0.3) is 0 Å². The average Bonchev–Trinajstić information content (AvgIpc) is 3.30. The number of fused-ring (bicyclic) bond motifs is 1. The van der Waals surface area contributed by atoms with E-state index in [4.69, 9.17) is 4.74 Å². The molecule has 2 atom stereocenters. The van der Waals surface area contributed by atoms with Gasteiger partial charge in [-0.2, -0.15) is 5.10 Å². The molecule has 1 aliphatic carbocycles. The fourth-order valence-electron chi connectivity index (χ4n) is 4.62. The maximum atomic E-state index is 13.4. The Morgan fingerprint density at radius 3 is 2.88 bits per heavy atom. The number of rotatable bonds is 3. The number of ether oxygens (including phenoxy) is 1. The summed E-state index contributed by atoms with van der Waals surface area (Å²) in [7, 11) is 3.57. The van der Waals surface area contributed by atoms with Crippen molar-refractivity contribution in [2.24, 2.45) is 7.05 Å². The van der Waals surface area contributed by atoms with Gasteiger partial charge in [-0.15, -0.1) is 0 Å². The molecule has 1 saturated heterocycles. The highest BCUT2D eigenvalue weighted by Crippen LogP contribution is 2.42. The Bertz CT molecular complexity index is 811. The van der Waals surface area contributed by atoms with Crippen molar-refractivity contribution < 1.29 is 9.53 Å². The topological polar surface area (TPSA) is 47.4 Å². The van der Waals surface area contributed by atoms with Crippen LogP contribution in [-0.2, 0) is 18.3 Å². The van der Waals surface area contributed by atoms with E-state index < -0.39 is 0 Å². The van der Waals surface area contributed by atoms with Gasteiger partial charge in [0, 0.05) is 13.6 Å². The van der Waals surface area contributed by atoms with Gasteiger partial charge in [0.1, 0.15) is 0 Å². The number of likely N-dealkylation sites (tertiary alicyclic amines) is 1. The molecule has 0 radical (unpaired) electrons. The molecule has 25 heavy (non-hydrogen) atoms. The van der Waals surface area contributed by atoms with Gasteiger partial charge in [0.2, 0.25) is 11.8 Å². The van der Waals surface area contributed by atoms with E-state index in [1.807, 2.05) is 20.0 Å². The standard InChI is InChI=1S/C20H25N3O2/c1-13-18(20(25-3)22(2)21-13)17-9-6-12-23(17)19(24)16-11-10-14-7-4-5-8-15(14)16/h4-5,7-8,16-17H,6,9-12H2,1-3H3/t16-,17-/m1/s1. The third-order valence-electron chi connectivity index (χ3n) is 5.71. The molecule has 1 amide bonds. The fourth-order valence-corrected chi connectivity index (χ4v) is 4.62. The molecule has 5 nitrogen and oxygen atoms in total. The molecular weight excluding hydrogens is 314 g/mol. The number of nitrogens with zero attached hydrogens (tertiary/aromatic N) is 3. The Hall–Kier alpha value is -2.30. The quantitative estimate of drug-likeness (QED) is 0.863. The molecule has 0 bridgehead atoms. The number of carbonyl (C=O) groups excluding carboxylic acids is 1. The van der Waals surface area contributed by atoms with Gasteiger partial charge < -0.3 is 9.64 Å². The van der Waals surface area contributed by atoms with Gasteiger partial charge in [-0.1, -0.05) is 24.3 Å². The number of methoxy groups -OCH3 is 1. The van der Waals surface area contributed by atoms with Crippen LogP contribution in [0.5, 0.6) is 5.88 Å². The van der Waals surface area contributed by atoms with Crippen molar-refractivity contribution in [3.05, 3.63) is 46.6 Å². The van der Waals surface area contributed by atoms with Crippen LogP contribution in [-0.4, -0.2) is 34.2 Å². The van der Waals surface area contributed by atoms with Gasteiger partial charge in [0.25, 0.3) is 0 Å². The molecule has 132 valence electrons. The van der Waals surface area contributed by atoms with Gasteiger partial charge >= 0.3 is 0 Å². The molecule has 1 aliphatic heterocycles. The van der Waals surface area contributed by atoms with Crippen LogP contribution in [0.4, 0.5) is 0 Å². The van der Waals surface area contributed by atoms with Gasteiger partial charge in [0.05, 0.1) is 30.3 Å². The highest BCUT2D eigenvalue weighted by Gasteiger charge is 2.39. The Kier molecular flexibility index (Phi) is 4.02. The van der Waals surface area contributed by atoms with Crippen LogP contribution in [0.3, 0.4) is 0 Å². The predicted octanol–water partition coefficient (Wildman–Crippen LogP) is 3.13. The molecule has 0 unspecified atom stereocenters. The van der Waals surface area contributed by atoms with Gasteiger partial charge in [-0.05, 0) is 43.7 Å². The normalized spacial score (nSPS) is 22.3. The molecular formula is C20H25N3O2. The maximum absolute atomic E-state index is 13.4. The molecule has 2 aromatic rings. The number of hydrogen-bond acceptors (Lipinski definition) is 3. The van der Waals surface area contributed by atoms with Crippen molar-refractivity contribution in [1.29, 1.82) is 0 Å². The summed E-state index contributed by atoms with van der Waals surface area (Å²) in [5.74, 6) is 1.03. The molecule has 4 rings (SSSR count). The lowest BCUT2D eigenvalue weighted by atomic mass is 9.98. The maximum Gasteiger partial charge on any atom is 0.230 e. The zero-order chi connectivity index (χ0) is 17.6. The zero-order valence-electron chi connectivity index (χ0n) is 15.2. The van der Waals surface area contributed by atoms with Crippen LogP contribution in [0.2, 0.25) is 0 Å². The van der Waals surface area contributed by atoms with Crippen LogP contribution < -0.4 is 4.74 Å². The van der Waals surface area contributed by atoms with Crippen molar-refractivity contribution in [3.63, 3.8) is 0 Å². The van der Waals surface area contributed by atoms with Crippen molar-refractivity contribution >= 4 is 5.91 Å². The summed E-state index contributed by atoms with van der Waals surface area (Å²) in [6.07, 6.45) is 3.93. The number of aromatic nitrogens is 2. The molecule has 2 heterocycles. The first kappa shape index (κ1) is 16.2. The number of aryl methyl sites for hydroxylation is 3. The first-order chi connectivity index (χ1) is 12.1. The Morgan fingerprint density at radius 1 is 1.28 bits per heavy atom. The number of amides is 1. The average molecular weight is 339 g/mol. The second kappa shape index (κ2) is 6.21.